The third kappa shape index (κ3) is 5.20. The van der Waals surface area contributed by atoms with Gasteiger partial charge in [-0.05, 0) is 17.9 Å². The van der Waals surface area contributed by atoms with Crippen LogP contribution in [0.15, 0.2) is 36.4 Å². The number of ether oxygens (including phenoxy) is 1. The van der Waals surface area contributed by atoms with Crippen molar-refractivity contribution in [3.63, 3.8) is 0 Å². The molecular formula is C19H25N3O2. The fourth-order valence-electron chi connectivity index (χ4n) is 3.25. The largest absolute Gasteiger partial charge is 0.367 e. The molecule has 0 spiro atoms. The van der Waals surface area contributed by atoms with Gasteiger partial charge in [-0.3, -0.25) is 9.89 Å². The maximum Gasteiger partial charge on any atom is 0.251 e. The highest BCUT2D eigenvalue weighted by atomic mass is 16.5. The number of hydrogen-bond donors (Lipinski definition) is 2. The molecule has 1 aliphatic carbocycles. The van der Waals surface area contributed by atoms with Crippen molar-refractivity contribution in [1.82, 2.24) is 10.2 Å². The number of carbonyl (C=O) groups is 1. The van der Waals surface area contributed by atoms with Crippen molar-refractivity contribution < 1.29 is 9.53 Å². The van der Waals surface area contributed by atoms with E-state index >= 15 is 0 Å². The quantitative estimate of drug-likeness (QED) is 0.815. The van der Waals surface area contributed by atoms with Crippen molar-refractivity contribution in [1.29, 1.82) is 0 Å². The van der Waals surface area contributed by atoms with E-state index in [0.29, 0.717) is 12.4 Å². The smallest absolute Gasteiger partial charge is 0.251 e. The Morgan fingerprint density at radius 1 is 1.21 bits per heavy atom. The summed E-state index contributed by atoms with van der Waals surface area (Å²) >= 11 is 0. The fraction of sp³-hybridized carbons (Fsp3) is 0.474. The highest BCUT2D eigenvalue weighted by molar-refractivity contribution is 5.90. The van der Waals surface area contributed by atoms with Gasteiger partial charge < -0.3 is 10.1 Å². The molecular weight excluding hydrogens is 302 g/mol. The zero-order valence-corrected chi connectivity index (χ0v) is 14.0. The molecule has 1 heterocycles. The summed E-state index contributed by atoms with van der Waals surface area (Å²) < 4.78 is 5.43. The van der Waals surface area contributed by atoms with Gasteiger partial charge in [0.05, 0.1) is 6.61 Å². The third-order valence-corrected chi connectivity index (χ3v) is 4.48. The van der Waals surface area contributed by atoms with Crippen LogP contribution in [0.4, 0.5) is 5.82 Å². The van der Waals surface area contributed by atoms with Gasteiger partial charge in [0.1, 0.15) is 6.61 Å². The van der Waals surface area contributed by atoms with Crippen molar-refractivity contribution in [2.45, 2.75) is 45.1 Å². The number of rotatable bonds is 7. The Morgan fingerprint density at radius 3 is 2.79 bits per heavy atom. The second-order valence-corrected chi connectivity index (χ2v) is 6.51. The molecule has 2 N–H and O–H groups in total. The van der Waals surface area contributed by atoms with Gasteiger partial charge in [0.25, 0.3) is 5.91 Å². The average Bonchev–Trinajstić information content (AvgIpc) is 3.03. The minimum absolute atomic E-state index is 0.0275. The second-order valence-electron chi connectivity index (χ2n) is 6.51. The molecule has 0 bridgehead atoms. The second kappa shape index (κ2) is 8.64. The van der Waals surface area contributed by atoms with E-state index in [4.69, 9.17) is 4.74 Å². The predicted molar refractivity (Wildman–Crippen MR) is 93.6 cm³/mol. The summed E-state index contributed by atoms with van der Waals surface area (Å²) in [5, 5.41) is 9.99. The fourth-order valence-corrected chi connectivity index (χ4v) is 3.25. The first-order valence-corrected chi connectivity index (χ1v) is 8.75. The standard InChI is InChI=1S/C19H25N3O2/c23-19(14-24-13-16-9-5-2-6-10-16)20-18-12-17(21-22-18)11-15-7-3-1-4-8-15/h2,5-6,9-10,12,15H,1,3-4,7-8,11,13-14H2,(H2,20,21,22,23). The van der Waals surface area contributed by atoms with E-state index in [0.717, 1.165) is 23.6 Å². The summed E-state index contributed by atoms with van der Waals surface area (Å²) in [4.78, 5) is 11.9. The van der Waals surface area contributed by atoms with Gasteiger partial charge in [0.2, 0.25) is 0 Å². The van der Waals surface area contributed by atoms with Crippen LogP contribution in [0.3, 0.4) is 0 Å². The maximum absolute atomic E-state index is 11.9. The molecule has 1 amide bonds. The molecule has 1 aromatic heterocycles. The number of amides is 1. The van der Waals surface area contributed by atoms with E-state index in [1.807, 2.05) is 36.4 Å². The van der Waals surface area contributed by atoms with Crippen LogP contribution in [-0.4, -0.2) is 22.7 Å². The van der Waals surface area contributed by atoms with Crippen molar-refractivity contribution in [3.05, 3.63) is 47.7 Å². The molecule has 0 radical (unpaired) electrons. The van der Waals surface area contributed by atoms with E-state index in [-0.39, 0.29) is 12.5 Å². The molecule has 3 rings (SSSR count). The molecule has 0 saturated heterocycles. The monoisotopic (exact) mass is 327 g/mol. The summed E-state index contributed by atoms with van der Waals surface area (Å²) in [6.45, 7) is 0.460. The molecule has 2 aromatic rings. The van der Waals surface area contributed by atoms with Crippen LogP contribution in [0.2, 0.25) is 0 Å². The van der Waals surface area contributed by atoms with E-state index in [9.17, 15) is 4.79 Å². The molecule has 128 valence electrons. The molecule has 1 aliphatic rings. The minimum Gasteiger partial charge on any atom is -0.367 e. The first-order valence-electron chi connectivity index (χ1n) is 8.75. The van der Waals surface area contributed by atoms with Crippen molar-refractivity contribution in [2.24, 2.45) is 5.92 Å². The Balaban J connectivity index is 1.40. The highest BCUT2D eigenvalue weighted by Crippen LogP contribution is 2.26. The number of benzene rings is 1. The summed E-state index contributed by atoms with van der Waals surface area (Å²) in [6.07, 6.45) is 7.65. The lowest BCUT2D eigenvalue weighted by Gasteiger charge is -2.20. The number of nitrogens with one attached hydrogen (secondary N) is 2. The van der Waals surface area contributed by atoms with Crippen molar-refractivity contribution in [2.75, 3.05) is 11.9 Å². The molecule has 0 unspecified atom stereocenters. The van der Waals surface area contributed by atoms with Crippen LogP contribution < -0.4 is 5.32 Å². The topological polar surface area (TPSA) is 67.0 Å². The SMILES string of the molecule is O=C(COCc1ccccc1)Nc1cc(CC2CCCCC2)[nH]n1. The van der Waals surface area contributed by atoms with Crippen LogP contribution in [-0.2, 0) is 22.6 Å². The van der Waals surface area contributed by atoms with Gasteiger partial charge in [-0.1, -0.05) is 62.4 Å². The molecule has 5 heteroatoms. The van der Waals surface area contributed by atoms with Gasteiger partial charge in [0.15, 0.2) is 5.82 Å². The molecule has 1 aromatic carbocycles. The molecule has 1 saturated carbocycles. The lowest BCUT2D eigenvalue weighted by molar-refractivity contribution is -0.121. The summed E-state index contributed by atoms with van der Waals surface area (Å²) in [5.41, 5.74) is 2.15. The lowest BCUT2D eigenvalue weighted by atomic mass is 9.86. The number of H-pyrrole nitrogens is 1. The van der Waals surface area contributed by atoms with Crippen molar-refractivity contribution in [3.8, 4) is 0 Å². The van der Waals surface area contributed by atoms with Crippen molar-refractivity contribution >= 4 is 11.7 Å². The third-order valence-electron chi connectivity index (χ3n) is 4.48. The highest BCUT2D eigenvalue weighted by Gasteiger charge is 2.15. The molecule has 1 fully saturated rings. The van der Waals surface area contributed by atoms with Gasteiger partial charge in [0, 0.05) is 11.8 Å². The maximum atomic E-state index is 11.9. The van der Waals surface area contributed by atoms with Crippen LogP contribution in [0.25, 0.3) is 0 Å². The first kappa shape index (κ1) is 16.7. The molecule has 5 nitrogen and oxygen atoms in total. The Kier molecular flexibility index (Phi) is 6.01. The summed E-state index contributed by atoms with van der Waals surface area (Å²) in [5.74, 6) is 1.15. The molecule has 0 aliphatic heterocycles. The molecule has 24 heavy (non-hydrogen) atoms. The average molecular weight is 327 g/mol. The normalized spacial score (nSPS) is 15.3. The van der Waals surface area contributed by atoms with Crippen LogP contribution >= 0.6 is 0 Å². The summed E-state index contributed by atoms with van der Waals surface area (Å²) in [7, 11) is 0. The van der Waals surface area contributed by atoms with Crippen LogP contribution in [0.1, 0.15) is 43.4 Å². The van der Waals surface area contributed by atoms with Crippen LogP contribution in [0.5, 0.6) is 0 Å². The summed E-state index contributed by atoms with van der Waals surface area (Å²) in [6, 6.07) is 11.8. The Morgan fingerprint density at radius 2 is 2.00 bits per heavy atom. The van der Waals surface area contributed by atoms with E-state index < -0.39 is 0 Å². The van der Waals surface area contributed by atoms with E-state index in [1.54, 1.807) is 0 Å². The number of carbonyl (C=O) groups excluding carboxylic acids is 1. The number of anilines is 1. The number of nitrogens with zero attached hydrogens (tertiary/aromatic N) is 1. The van der Waals surface area contributed by atoms with E-state index in [2.05, 4.69) is 15.5 Å². The lowest BCUT2D eigenvalue weighted by Crippen LogP contribution is -2.18. The van der Waals surface area contributed by atoms with Gasteiger partial charge in [-0.2, -0.15) is 5.10 Å². The van der Waals surface area contributed by atoms with Gasteiger partial charge in [-0.25, -0.2) is 0 Å². The Hall–Kier alpha value is -2.14. The zero-order valence-electron chi connectivity index (χ0n) is 14.0. The first-order chi connectivity index (χ1) is 11.8. The number of aromatic nitrogens is 2. The number of aromatic amines is 1. The Bertz CT molecular complexity index is 633. The van der Waals surface area contributed by atoms with E-state index in [1.165, 1.54) is 32.1 Å². The zero-order chi connectivity index (χ0) is 16.6. The Labute approximate surface area is 142 Å². The van der Waals surface area contributed by atoms with Crippen LogP contribution in [0, 0.1) is 5.92 Å². The van der Waals surface area contributed by atoms with Gasteiger partial charge >= 0.3 is 0 Å². The molecule has 0 atom stereocenters. The number of hydrogen-bond acceptors (Lipinski definition) is 3. The van der Waals surface area contributed by atoms with Gasteiger partial charge in [-0.15, -0.1) is 0 Å². The predicted octanol–water partition coefficient (Wildman–Crippen LogP) is 3.69. The minimum atomic E-state index is -0.179.